The maximum Gasteiger partial charge on any atom is 0.0906 e. The minimum absolute atomic E-state index is 0.164. The van der Waals surface area contributed by atoms with Crippen LogP contribution >= 0.6 is 0 Å². The molecule has 1 heterocycles. The summed E-state index contributed by atoms with van der Waals surface area (Å²) < 4.78 is 6.24. The van der Waals surface area contributed by atoms with Crippen LogP contribution in [0.5, 0.6) is 0 Å². The van der Waals surface area contributed by atoms with Crippen LogP contribution in [0.15, 0.2) is 0 Å². The van der Waals surface area contributed by atoms with E-state index in [0.717, 1.165) is 11.8 Å². The van der Waals surface area contributed by atoms with Gasteiger partial charge in [0, 0.05) is 12.0 Å². The summed E-state index contributed by atoms with van der Waals surface area (Å²) in [5.41, 5.74) is 1.59. The zero-order chi connectivity index (χ0) is 15.4. The highest BCUT2D eigenvalue weighted by atomic mass is 16.6. The van der Waals surface area contributed by atoms with E-state index in [2.05, 4.69) is 20.8 Å². The van der Waals surface area contributed by atoms with Gasteiger partial charge in [-0.1, -0.05) is 27.2 Å². The number of aliphatic hydroxyl groups is 1. The van der Waals surface area contributed by atoms with Gasteiger partial charge in [0.15, 0.2) is 0 Å². The molecule has 2 bridgehead atoms. The first kappa shape index (κ1) is 14.3. The molecule has 0 aromatic carbocycles. The van der Waals surface area contributed by atoms with Crippen molar-refractivity contribution in [2.24, 2.45) is 33.5 Å². The fourth-order valence-corrected chi connectivity index (χ4v) is 8.45. The van der Waals surface area contributed by atoms with Crippen LogP contribution in [0.1, 0.15) is 72.1 Å². The van der Waals surface area contributed by atoms with Crippen molar-refractivity contribution >= 4 is 0 Å². The molecule has 1 saturated heterocycles. The van der Waals surface area contributed by atoms with Crippen molar-refractivity contribution < 1.29 is 9.84 Å². The van der Waals surface area contributed by atoms with Crippen LogP contribution in [0.4, 0.5) is 0 Å². The molecule has 8 atom stereocenters. The maximum absolute atomic E-state index is 10.1. The maximum atomic E-state index is 10.1. The number of ether oxygens (including phenoxy) is 1. The van der Waals surface area contributed by atoms with Gasteiger partial charge < -0.3 is 9.84 Å². The van der Waals surface area contributed by atoms with Crippen molar-refractivity contribution in [2.45, 2.75) is 84.3 Å². The average Bonchev–Trinajstić information content (AvgIpc) is 3.25. The molecule has 1 N–H and O–H groups in total. The largest absolute Gasteiger partial charge is 0.396 e. The molecule has 0 amide bonds. The summed E-state index contributed by atoms with van der Waals surface area (Å²) in [7, 11) is 0. The minimum atomic E-state index is 0.164. The summed E-state index contributed by atoms with van der Waals surface area (Å²) in [5, 5.41) is 10.1. The van der Waals surface area contributed by atoms with Crippen LogP contribution in [0, 0.1) is 33.5 Å². The second kappa shape index (κ2) is 3.94. The summed E-state index contributed by atoms with van der Waals surface area (Å²) in [6.45, 7) is 7.84. The highest BCUT2D eigenvalue weighted by molar-refractivity contribution is 5.25. The monoisotopic (exact) mass is 304 g/mol. The number of aliphatic hydroxyl groups excluding tert-OH is 1. The molecule has 0 aromatic heterocycles. The Kier molecular flexibility index (Phi) is 2.56. The van der Waals surface area contributed by atoms with Crippen molar-refractivity contribution in [3.8, 4) is 0 Å². The van der Waals surface area contributed by atoms with Gasteiger partial charge in [-0.25, -0.2) is 0 Å². The molecule has 4 saturated carbocycles. The van der Waals surface area contributed by atoms with E-state index >= 15 is 0 Å². The van der Waals surface area contributed by atoms with Gasteiger partial charge in [-0.3, -0.25) is 0 Å². The lowest BCUT2D eigenvalue weighted by Crippen LogP contribution is -2.59. The second-order valence-corrected chi connectivity index (χ2v) is 10.4. The van der Waals surface area contributed by atoms with Crippen LogP contribution < -0.4 is 0 Å². The number of epoxide rings is 1. The average molecular weight is 304 g/mol. The predicted octanol–water partition coefficient (Wildman–Crippen LogP) is 4.16. The fraction of sp³-hybridized carbons (Fsp3) is 1.00. The van der Waals surface area contributed by atoms with Gasteiger partial charge in [-0.15, -0.1) is 0 Å². The van der Waals surface area contributed by atoms with Crippen molar-refractivity contribution in [3.05, 3.63) is 0 Å². The predicted molar refractivity (Wildman–Crippen MR) is 86.4 cm³/mol. The number of fused-ring (bicyclic) bond motifs is 5. The Bertz CT molecular complexity index is 518. The smallest absolute Gasteiger partial charge is 0.0906 e. The third-order valence-corrected chi connectivity index (χ3v) is 9.33. The summed E-state index contributed by atoms with van der Waals surface area (Å²) in [5.74, 6) is 1.56. The van der Waals surface area contributed by atoms with Crippen LogP contribution in [-0.4, -0.2) is 23.9 Å². The molecule has 22 heavy (non-hydrogen) atoms. The molecule has 0 aromatic rings. The van der Waals surface area contributed by atoms with E-state index < -0.39 is 0 Å². The number of rotatable bonds is 1. The van der Waals surface area contributed by atoms with Gasteiger partial charge in [0.25, 0.3) is 0 Å². The summed E-state index contributed by atoms with van der Waals surface area (Å²) in [6, 6.07) is 0. The van der Waals surface area contributed by atoms with E-state index in [1.807, 2.05) is 0 Å². The quantitative estimate of drug-likeness (QED) is 0.738. The van der Waals surface area contributed by atoms with Gasteiger partial charge in [0.05, 0.1) is 12.2 Å². The first-order valence-corrected chi connectivity index (χ1v) is 9.64. The van der Waals surface area contributed by atoms with Gasteiger partial charge in [0.2, 0.25) is 0 Å². The Labute approximate surface area is 135 Å². The van der Waals surface area contributed by atoms with E-state index in [0.29, 0.717) is 35.1 Å². The summed E-state index contributed by atoms with van der Waals surface area (Å²) in [4.78, 5) is 0. The molecular weight excluding hydrogens is 272 g/mol. The van der Waals surface area contributed by atoms with E-state index in [9.17, 15) is 5.11 Å². The van der Waals surface area contributed by atoms with Crippen molar-refractivity contribution in [1.82, 2.24) is 0 Å². The summed E-state index contributed by atoms with van der Waals surface area (Å²) >= 11 is 0. The molecule has 5 fully saturated rings. The third kappa shape index (κ3) is 1.42. The third-order valence-electron chi connectivity index (χ3n) is 9.33. The lowest BCUT2D eigenvalue weighted by Gasteiger charge is -2.65. The Morgan fingerprint density at radius 3 is 2.50 bits per heavy atom. The van der Waals surface area contributed by atoms with Crippen LogP contribution in [0.25, 0.3) is 0 Å². The number of hydrogen-bond donors (Lipinski definition) is 1. The highest BCUT2D eigenvalue weighted by Gasteiger charge is 2.77. The molecule has 5 aliphatic rings. The normalized spacial score (nSPS) is 65.5. The molecule has 4 aliphatic carbocycles. The topological polar surface area (TPSA) is 32.8 Å². The molecule has 1 spiro atoms. The standard InChI is InChI=1S/C20H32O2/c1-17-9-5-14-19(3)8-4-7-18(2,12-21)13(19)6-10-20(14,11-17)16-15(17)22-16/h13-16,21H,4-12H2,1-3H3/t13-,14+,15-,16+,17+,18+,19-,20+/m0/s1. The Morgan fingerprint density at radius 1 is 0.955 bits per heavy atom. The van der Waals surface area contributed by atoms with E-state index in [1.165, 1.54) is 51.4 Å². The molecule has 1 aliphatic heterocycles. The van der Waals surface area contributed by atoms with Crippen LogP contribution in [0.3, 0.4) is 0 Å². The molecule has 2 heteroatoms. The highest BCUT2D eigenvalue weighted by Crippen LogP contribution is 2.77. The molecule has 0 unspecified atom stereocenters. The molecular formula is C20H32O2. The van der Waals surface area contributed by atoms with E-state index in [-0.39, 0.29) is 5.41 Å². The van der Waals surface area contributed by atoms with Crippen LogP contribution in [-0.2, 0) is 4.74 Å². The molecule has 5 rings (SSSR count). The molecule has 0 radical (unpaired) electrons. The Hall–Kier alpha value is -0.0800. The fourth-order valence-electron chi connectivity index (χ4n) is 8.45. The van der Waals surface area contributed by atoms with Gasteiger partial charge in [0.1, 0.15) is 0 Å². The zero-order valence-electron chi connectivity index (χ0n) is 14.5. The van der Waals surface area contributed by atoms with E-state index in [4.69, 9.17) is 4.74 Å². The van der Waals surface area contributed by atoms with Crippen molar-refractivity contribution in [2.75, 3.05) is 6.61 Å². The SMILES string of the molecule is C[C@@]12CC[C@@H]3[C@@]4(C)CCC[C@](C)(CO)[C@@H]4CC[C@]3(C1)[C@@H]1O[C@@H]12. The lowest BCUT2D eigenvalue weighted by molar-refractivity contribution is -0.181. The van der Waals surface area contributed by atoms with Crippen molar-refractivity contribution in [1.29, 1.82) is 0 Å². The van der Waals surface area contributed by atoms with E-state index in [1.54, 1.807) is 0 Å². The Morgan fingerprint density at radius 2 is 1.73 bits per heavy atom. The van der Waals surface area contributed by atoms with Gasteiger partial charge >= 0.3 is 0 Å². The first-order chi connectivity index (χ1) is 10.4. The van der Waals surface area contributed by atoms with Crippen LogP contribution in [0.2, 0.25) is 0 Å². The first-order valence-electron chi connectivity index (χ1n) is 9.64. The Balaban J connectivity index is 1.57. The molecule has 2 nitrogen and oxygen atoms in total. The zero-order valence-corrected chi connectivity index (χ0v) is 14.5. The summed E-state index contributed by atoms with van der Waals surface area (Å²) in [6.07, 6.45) is 12.0. The number of hydrogen-bond acceptors (Lipinski definition) is 2. The second-order valence-electron chi connectivity index (χ2n) is 10.4. The molecule has 124 valence electrons. The van der Waals surface area contributed by atoms with Gasteiger partial charge in [-0.05, 0) is 73.0 Å². The van der Waals surface area contributed by atoms with Crippen molar-refractivity contribution in [3.63, 3.8) is 0 Å². The minimum Gasteiger partial charge on any atom is -0.396 e. The lowest BCUT2D eigenvalue weighted by atomic mass is 9.40. The van der Waals surface area contributed by atoms with Gasteiger partial charge in [-0.2, -0.15) is 0 Å².